The van der Waals surface area contributed by atoms with Crippen LogP contribution in [0.5, 0.6) is 0 Å². The van der Waals surface area contributed by atoms with Crippen LogP contribution in [0.4, 0.5) is 10.1 Å². The molecule has 2 N–H and O–H groups in total. The first-order valence-electron chi connectivity index (χ1n) is 7.62. The number of carbonyl (C=O) groups excluding carboxylic acids is 1. The molecule has 1 aliphatic heterocycles. The maximum Gasteiger partial charge on any atom is 0.251 e. The molecule has 5 heteroatoms. The number of rotatable bonds is 4. The van der Waals surface area contributed by atoms with Crippen LogP contribution in [0.3, 0.4) is 0 Å². The zero-order chi connectivity index (χ0) is 15.4. The molecule has 0 fully saturated rings. The van der Waals surface area contributed by atoms with Crippen LogP contribution in [0.25, 0.3) is 0 Å². The smallest absolute Gasteiger partial charge is 0.251 e. The van der Waals surface area contributed by atoms with Gasteiger partial charge in [-0.1, -0.05) is 18.2 Å². The minimum Gasteiger partial charge on any atom is -0.385 e. The predicted molar refractivity (Wildman–Crippen MR) is 92.9 cm³/mol. The second-order valence-corrected chi connectivity index (χ2v) is 5.50. The average molecular weight is 335 g/mol. The van der Waals surface area contributed by atoms with E-state index < -0.39 is 0 Å². The van der Waals surface area contributed by atoms with Gasteiger partial charge in [-0.3, -0.25) is 4.79 Å². The molecule has 0 saturated heterocycles. The third-order valence-corrected chi connectivity index (χ3v) is 3.93. The fourth-order valence-corrected chi connectivity index (χ4v) is 2.83. The third-order valence-electron chi connectivity index (χ3n) is 3.93. The van der Waals surface area contributed by atoms with Crippen molar-refractivity contribution >= 4 is 24.0 Å². The number of fused-ring (bicyclic) bond motifs is 1. The van der Waals surface area contributed by atoms with E-state index in [1.807, 2.05) is 24.3 Å². The van der Waals surface area contributed by atoms with E-state index in [1.165, 1.54) is 12.1 Å². The maximum absolute atomic E-state index is 13.1. The summed E-state index contributed by atoms with van der Waals surface area (Å²) in [6.07, 6.45) is 2.59. The Balaban J connectivity index is 0.00000192. The van der Waals surface area contributed by atoms with Crippen LogP contribution in [0.15, 0.2) is 42.5 Å². The molecule has 1 amide bonds. The van der Waals surface area contributed by atoms with Crippen molar-refractivity contribution in [3.05, 3.63) is 65.0 Å². The third kappa shape index (κ3) is 4.23. The number of hydrogen-bond acceptors (Lipinski definition) is 2. The summed E-state index contributed by atoms with van der Waals surface area (Å²) in [4.78, 5) is 12.4. The number of halogens is 2. The van der Waals surface area contributed by atoms with Crippen molar-refractivity contribution < 1.29 is 9.18 Å². The molecule has 2 aromatic carbocycles. The first-order chi connectivity index (χ1) is 10.7. The fraction of sp³-hybridized carbons (Fsp3) is 0.278. The van der Waals surface area contributed by atoms with Gasteiger partial charge >= 0.3 is 0 Å². The molecule has 1 heterocycles. The topological polar surface area (TPSA) is 41.1 Å². The van der Waals surface area contributed by atoms with Crippen molar-refractivity contribution in [2.45, 2.75) is 19.3 Å². The highest BCUT2D eigenvalue weighted by molar-refractivity contribution is 5.97. The summed E-state index contributed by atoms with van der Waals surface area (Å²) in [6.45, 7) is 1.46. The zero-order valence-electron chi connectivity index (χ0n) is 12.8. The molecule has 23 heavy (non-hydrogen) atoms. The van der Waals surface area contributed by atoms with Gasteiger partial charge in [0.1, 0.15) is 5.82 Å². The Hall–Kier alpha value is -2.07. The van der Waals surface area contributed by atoms with E-state index in [1.54, 1.807) is 6.07 Å². The number of nitrogens with one attached hydrogen (secondary N) is 2. The molecule has 0 radical (unpaired) electrons. The SMILES string of the molecule is Cl.O=C(NCCc1cccc(F)c1)c1cccc2c1CCCN2. The summed E-state index contributed by atoms with van der Waals surface area (Å²) < 4.78 is 13.1. The number of amides is 1. The number of carbonyl (C=O) groups is 1. The summed E-state index contributed by atoms with van der Waals surface area (Å²) in [5, 5.41) is 6.25. The Morgan fingerprint density at radius 2 is 2.04 bits per heavy atom. The van der Waals surface area contributed by atoms with E-state index in [0.29, 0.717) is 13.0 Å². The van der Waals surface area contributed by atoms with Gasteiger partial charge in [-0.2, -0.15) is 0 Å². The van der Waals surface area contributed by atoms with Crippen molar-refractivity contribution in [3.8, 4) is 0 Å². The minimum atomic E-state index is -0.243. The highest BCUT2D eigenvalue weighted by Crippen LogP contribution is 2.25. The minimum absolute atomic E-state index is 0. The lowest BCUT2D eigenvalue weighted by atomic mass is 9.97. The molecule has 2 aromatic rings. The summed E-state index contributed by atoms with van der Waals surface area (Å²) >= 11 is 0. The quantitative estimate of drug-likeness (QED) is 0.897. The Kier molecular flexibility index (Phi) is 5.99. The standard InChI is InChI=1S/C18H19FN2O.ClH/c19-14-5-1-4-13(12-14)9-11-21-18(22)16-6-2-8-17-15(16)7-3-10-20-17;/h1-2,4-6,8,12,20H,3,7,9-11H2,(H,21,22);1H. The van der Waals surface area contributed by atoms with Crippen LogP contribution in [0.1, 0.15) is 27.9 Å². The van der Waals surface area contributed by atoms with Gasteiger partial charge in [-0.25, -0.2) is 4.39 Å². The van der Waals surface area contributed by atoms with Crippen molar-refractivity contribution in [2.24, 2.45) is 0 Å². The van der Waals surface area contributed by atoms with Gasteiger partial charge in [0.25, 0.3) is 5.91 Å². The van der Waals surface area contributed by atoms with Gasteiger partial charge in [0.15, 0.2) is 0 Å². The highest BCUT2D eigenvalue weighted by atomic mass is 35.5. The van der Waals surface area contributed by atoms with Gasteiger partial charge in [-0.15, -0.1) is 12.4 Å². The normalized spacial score (nSPS) is 12.6. The molecule has 0 aliphatic carbocycles. The molecule has 122 valence electrons. The average Bonchev–Trinajstić information content (AvgIpc) is 2.54. The molecule has 0 spiro atoms. The zero-order valence-corrected chi connectivity index (χ0v) is 13.6. The molecule has 3 nitrogen and oxygen atoms in total. The molecule has 1 aliphatic rings. The van der Waals surface area contributed by atoms with E-state index in [-0.39, 0.29) is 24.1 Å². The van der Waals surface area contributed by atoms with Gasteiger partial charge < -0.3 is 10.6 Å². The number of anilines is 1. The Labute approximate surface area is 141 Å². The molecule has 0 bridgehead atoms. The number of benzene rings is 2. The maximum atomic E-state index is 13.1. The van der Waals surface area contributed by atoms with Gasteiger partial charge in [0.2, 0.25) is 0 Å². The van der Waals surface area contributed by atoms with Crippen LogP contribution >= 0.6 is 12.4 Å². The summed E-state index contributed by atoms with van der Waals surface area (Å²) in [7, 11) is 0. The van der Waals surface area contributed by atoms with Gasteiger partial charge in [-0.05, 0) is 54.7 Å². The molecule has 3 rings (SSSR count). The first-order valence-corrected chi connectivity index (χ1v) is 7.62. The lowest BCUT2D eigenvalue weighted by molar-refractivity contribution is 0.0953. The van der Waals surface area contributed by atoms with E-state index >= 15 is 0 Å². The van der Waals surface area contributed by atoms with Crippen molar-refractivity contribution in [3.63, 3.8) is 0 Å². The van der Waals surface area contributed by atoms with Crippen LogP contribution < -0.4 is 10.6 Å². The molecule has 0 saturated carbocycles. The van der Waals surface area contributed by atoms with Gasteiger partial charge in [0, 0.05) is 24.3 Å². The van der Waals surface area contributed by atoms with E-state index in [9.17, 15) is 9.18 Å². The van der Waals surface area contributed by atoms with E-state index in [2.05, 4.69) is 10.6 Å². The van der Waals surface area contributed by atoms with Crippen LogP contribution in [-0.4, -0.2) is 19.0 Å². The monoisotopic (exact) mass is 334 g/mol. The highest BCUT2D eigenvalue weighted by Gasteiger charge is 2.16. The molecule has 0 aromatic heterocycles. The Morgan fingerprint density at radius 1 is 1.22 bits per heavy atom. The molecule has 0 atom stereocenters. The lowest BCUT2D eigenvalue weighted by Crippen LogP contribution is -2.27. The van der Waals surface area contributed by atoms with Crippen molar-refractivity contribution in [1.82, 2.24) is 5.32 Å². The predicted octanol–water partition coefficient (Wildman–Crippen LogP) is 3.58. The van der Waals surface area contributed by atoms with Crippen molar-refractivity contribution in [1.29, 1.82) is 0 Å². The summed E-state index contributed by atoms with van der Waals surface area (Å²) in [5.74, 6) is -0.302. The van der Waals surface area contributed by atoms with Crippen LogP contribution in [0.2, 0.25) is 0 Å². The largest absolute Gasteiger partial charge is 0.385 e. The number of hydrogen-bond donors (Lipinski definition) is 2. The van der Waals surface area contributed by atoms with Crippen molar-refractivity contribution in [2.75, 3.05) is 18.4 Å². The molecule has 0 unspecified atom stereocenters. The molecular weight excluding hydrogens is 315 g/mol. The fourth-order valence-electron chi connectivity index (χ4n) is 2.83. The second kappa shape index (κ2) is 7.97. The van der Waals surface area contributed by atoms with Crippen LogP contribution in [-0.2, 0) is 12.8 Å². The summed E-state index contributed by atoms with van der Waals surface area (Å²) in [6, 6.07) is 12.3. The van der Waals surface area contributed by atoms with E-state index in [4.69, 9.17) is 0 Å². The molecular formula is C18H20ClFN2O. The van der Waals surface area contributed by atoms with Crippen LogP contribution in [0, 0.1) is 5.82 Å². The second-order valence-electron chi connectivity index (χ2n) is 5.50. The Morgan fingerprint density at radius 3 is 2.87 bits per heavy atom. The van der Waals surface area contributed by atoms with E-state index in [0.717, 1.165) is 41.8 Å². The summed E-state index contributed by atoms with van der Waals surface area (Å²) in [5.41, 5.74) is 3.78. The van der Waals surface area contributed by atoms with Gasteiger partial charge in [0.05, 0.1) is 0 Å². The Bertz CT molecular complexity index is 690. The first kappa shape index (κ1) is 17.3. The lowest BCUT2D eigenvalue weighted by Gasteiger charge is -2.20.